The highest BCUT2D eigenvalue weighted by Crippen LogP contribution is 2.48. The van der Waals surface area contributed by atoms with Crippen molar-refractivity contribution in [1.29, 1.82) is 0 Å². The van der Waals surface area contributed by atoms with Gasteiger partial charge >= 0.3 is 0 Å². The molecule has 12 aromatic rings. The molecule has 0 saturated heterocycles. The molecule has 0 bridgehead atoms. The van der Waals surface area contributed by atoms with E-state index < -0.39 is 0 Å². The third-order valence-corrected chi connectivity index (χ3v) is 19.0. The van der Waals surface area contributed by atoms with Crippen LogP contribution >= 0.6 is 0 Å². The lowest BCUT2D eigenvalue weighted by Gasteiger charge is -2.39. The van der Waals surface area contributed by atoms with Crippen molar-refractivity contribution in [2.75, 3.05) is 19.6 Å². The monoisotopic (exact) mass is 1200 g/mol. The first-order chi connectivity index (χ1) is 44.8. The first kappa shape index (κ1) is 60.7. The van der Waals surface area contributed by atoms with Crippen LogP contribution in [0.2, 0.25) is 0 Å². The Bertz CT molecular complexity index is 4410. The quantitative estimate of drug-likeness (QED) is 0.0849. The van der Waals surface area contributed by atoms with Crippen LogP contribution in [-0.4, -0.2) is 0 Å². The van der Waals surface area contributed by atoms with Crippen LogP contribution in [0.4, 0.5) is 68.2 Å². The molecule has 4 heteroatoms. The van der Waals surface area contributed by atoms with E-state index in [4.69, 9.17) is 0 Å². The summed E-state index contributed by atoms with van der Waals surface area (Å²) < 4.78 is 0. The van der Waals surface area contributed by atoms with Gasteiger partial charge in [-0.25, -0.2) is 0 Å². The number of benzene rings is 12. The minimum absolute atomic E-state index is 0.0591. The summed E-state index contributed by atoms with van der Waals surface area (Å²) in [7, 11) is 0. The topological polar surface area (TPSA) is 13.0 Å². The van der Waals surface area contributed by atoms with Gasteiger partial charge in [-0.05, 0) is 288 Å². The maximum atomic E-state index is 2.42. The second-order valence-corrected chi connectivity index (χ2v) is 25.9. The highest BCUT2D eigenvalue weighted by atomic mass is 15.2. The van der Waals surface area contributed by atoms with Gasteiger partial charge in [0.15, 0.2) is 0 Å². The zero-order chi connectivity index (χ0) is 63.3. The van der Waals surface area contributed by atoms with Gasteiger partial charge in [0.05, 0.1) is 0 Å². The minimum Gasteiger partial charge on any atom is -0.311 e. The van der Waals surface area contributed by atoms with Gasteiger partial charge in [-0.15, -0.1) is 0 Å². The average Bonchev–Trinajstić information content (AvgIpc) is 2.37. The lowest BCUT2D eigenvalue weighted by molar-refractivity contribution is 0.346. The molecule has 1 aliphatic carbocycles. The van der Waals surface area contributed by atoms with Crippen LogP contribution in [0.5, 0.6) is 0 Å². The van der Waals surface area contributed by atoms with Crippen LogP contribution in [0.15, 0.2) is 279 Å². The maximum Gasteiger partial charge on any atom is 0.0464 e. The van der Waals surface area contributed by atoms with Crippen LogP contribution in [0, 0.1) is 55.4 Å². The smallest absolute Gasteiger partial charge is 0.0464 e. The van der Waals surface area contributed by atoms with E-state index in [1.54, 1.807) is 0 Å². The van der Waals surface area contributed by atoms with Gasteiger partial charge in [0.2, 0.25) is 0 Å². The molecule has 1 fully saturated rings. The summed E-state index contributed by atoms with van der Waals surface area (Å²) in [6, 6.07) is 105. The summed E-state index contributed by atoms with van der Waals surface area (Å²) in [6.45, 7) is 17.5. The number of aryl methyl sites for hydroxylation is 10. The van der Waals surface area contributed by atoms with E-state index in [0.717, 1.165) is 88.2 Å². The highest BCUT2D eigenvalue weighted by Gasteiger charge is 2.36. The van der Waals surface area contributed by atoms with Crippen molar-refractivity contribution in [3.8, 4) is 11.1 Å². The fourth-order valence-electron chi connectivity index (χ4n) is 14.1. The van der Waals surface area contributed by atoms with Gasteiger partial charge in [-0.3, -0.25) is 0 Å². The molecule has 0 unspecified atom stereocenters. The molecular weight excluding hydrogens is 1110 g/mol. The number of anilines is 12. The molecule has 0 radical (unpaired) electrons. The number of nitrogens with zero attached hydrogens (tertiary/aromatic N) is 4. The van der Waals surface area contributed by atoms with E-state index in [0.29, 0.717) is 0 Å². The van der Waals surface area contributed by atoms with Crippen LogP contribution in [0.25, 0.3) is 11.1 Å². The minimum atomic E-state index is -0.0591. The molecule has 0 amide bonds. The molecule has 0 atom stereocenters. The predicted molar refractivity (Wildman–Crippen MR) is 393 cm³/mol. The Morgan fingerprint density at radius 1 is 0.239 bits per heavy atom. The van der Waals surface area contributed by atoms with Crippen LogP contribution < -0.4 is 19.6 Å². The zero-order valence-electron chi connectivity index (χ0n) is 54.8. The Balaban J connectivity index is 0.743. The van der Waals surface area contributed by atoms with Crippen molar-refractivity contribution < 1.29 is 0 Å². The molecule has 13 rings (SSSR count). The molecule has 4 nitrogen and oxygen atoms in total. The summed E-state index contributed by atoms with van der Waals surface area (Å²) in [5.74, 6) is 0. The Kier molecular flexibility index (Phi) is 17.6. The van der Waals surface area contributed by atoms with Crippen LogP contribution in [0.1, 0.15) is 98.9 Å². The SMILES string of the molecule is Cc1ccc(N(c2ccc(C)cc2)c2ccc(C3(c4ccc(N(c5ccc(C)cc5)c5ccc(CCc6cccc(N(c7cccc(C)c7)c7ccc(-c8ccc(N(c9cccc(C)c9)c9cccc(C)c9)cc8C)c(C)c7)c6)cc5)cc4)CCCCC3)cc2)cc1. The van der Waals surface area contributed by atoms with Crippen molar-refractivity contribution in [2.45, 2.75) is 106 Å². The van der Waals surface area contributed by atoms with Crippen molar-refractivity contribution in [3.63, 3.8) is 0 Å². The molecule has 0 aromatic heterocycles. The Morgan fingerprint density at radius 3 is 0.891 bits per heavy atom. The number of hydrogen-bond donors (Lipinski definition) is 0. The zero-order valence-corrected chi connectivity index (χ0v) is 54.8. The standard InChI is InChI=1S/C88H84N4/c1-62-24-38-74(39-25-62)89(75-40-26-63(2)27-41-75)78-46-34-72(35-47-78)88(54-10-9-11-55-88)73-36-48-79(49-37-73)90(76-42-28-64(3)29-43-76)77-44-32-70(33-45-77)30-31-71-19-15-23-83(61-71)92(82-22-14-18-67(6)58-82)85-51-53-87(69(8)60-85)86-52-50-84(59-68(86)7)91(80-20-12-16-65(4)56-80)81-21-13-17-66(5)57-81/h12-29,32-53,56-61H,9-11,30-31,54-55H2,1-8H3. The summed E-state index contributed by atoms with van der Waals surface area (Å²) in [5, 5.41) is 0. The first-order valence-electron chi connectivity index (χ1n) is 33.0. The largest absolute Gasteiger partial charge is 0.311 e. The molecule has 0 aliphatic heterocycles. The summed E-state index contributed by atoms with van der Waals surface area (Å²) in [4.78, 5) is 9.60. The molecule has 92 heavy (non-hydrogen) atoms. The first-order valence-corrected chi connectivity index (χ1v) is 33.0. The fourth-order valence-corrected chi connectivity index (χ4v) is 14.1. The normalized spacial score (nSPS) is 12.7. The van der Waals surface area contributed by atoms with Crippen molar-refractivity contribution in [2.24, 2.45) is 0 Å². The third-order valence-electron chi connectivity index (χ3n) is 19.0. The van der Waals surface area contributed by atoms with Gasteiger partial charge in [-0.1, -0.05) is 169 Å². The Labute approximate surface area is 547 Å². The molecule has 456 valence electrons. The Hall–Kier alpha value is -10.2. The maximum absolute atomic E-state index is 2.42. The lowest BCUT2D eigenvalue weighted by Crippen LogP contribution is -2.30. The van der Waals surface area contributed by atoms with Crippen molar-refractivity contribution in [3.05, 3.63) is 346 Å². The third kappa shape index (κ3) is 13.1. The molecular formula is C88H84N4. The predicted octanol–water partition coefficient (Wildman–Crippen LogP) is 24.7. The fraction of sp³-hybridized carbons (Fsp3) is 0.182. The summed E-state index contributed by atoms with van der Waals surface area (Å²) in [6.07, 6.45) is 7.83. The average molecular weight is 1200 g/mol. The van der Waals surface area contributed by atoms with E-state index in [1.165, 1.54) is 103 Å². The molecule has 0 spiro atoms. The van der Waals surface area contributed by atoms with Crippen molar-refractivity contribution in [1.82, 2.24) is 0 Å². The van der Waals surface area contributed by atoms with E-state index >= 15 is 0 Å². The van der Waals surface area contributed by atoms with Crippen LogP contribution in [-0.2, 0) is 18.3 Å². The highest BCUT2D eigenvalue weighted by molar-refractivity contribution is 5.85. The van der Waals surface area contributed by atoms with E-state index in [2.05, 4.69) is 354 Å². The summed E-state index contributed by atoms with van der Waals surface area (Å²) in [5.41, 5.74) is 31.6. The van der Waals surface area contributed by atoms with Gasteiger partial charge in [0.1, 0.15) is 0 Å². The molecule has 12 aromatic carbocycles. The second-order valence-electron chi connectivity index (χ2n) is 25.9. The van der Waals surface area contributed by atoms with E-state index in [-0.39, 0.29) is 5.41 Å². The van der Waals surface area contributed by atoms with E-state index in [9.17, 15) is 0 Å². The molecule has 1 aliphatic rings. The Morgan fingerprint density at radius 2 is 0.533 bits per heavy atom. The molecule has 0 heterocycles. The van der Waals surface area contributed by atoms with Gasteiger partial charge in [0, 0.05) is 73.7 Å². The van der Waals surface area contributed by atoms with Gasteiger partial charge in [-0.2, -0.15) is 0 Å². The van der Waals surface area contributed by atoms with Gasteiger partial charge < -0.3 is 19.6 Å². The lowest BCUT2D eigenvalue weighted by atomic mass is 9.65. The molecule has 1 saturated carbocycles. The van der Waals surface area contributed by atoms with Crippen molar-refractivity contribution >= 4 is 68.2 Å². The number of hydrogen-bond acceptors (Lipinski definition) is 4. The molecule has 0 N–H and O–H groups in total. The van der Waals surface area contributed by atoms with Gasteiger partial charge in [0.25, 0.3) is 0 Å². The van der Waals surface area contributed by atoms with E-state index in [1.807, 2.05) is 0 Å². The van der Waals surface area contributed by atoms with Crippen LogP contribution in [0.3, 0.4) is 0 Å². The second kappa shape index (κ2) is 26.7. The number of rotatable bonds is 18. The summed E-state index contributed by atoms with van der Waals surface area (Å²) >= 11 is 0.